The molecular formula is C19H21N5O. The number of H-pyrrole nitrogens is 1. The Morgan fingerprint density at radius 3 is 2.80 bits per heavy atom. The van der Waals surface area contributed by atoms with Crippen LogP contribution < -0.4 is 0 Å². The summed E-state index contributed by atoms with van der Waals surface area (Å²) in [5.41, 5.74) is 4.78. The smallest absolute Gasteiger partial charge is 0.253 e. The van der Waals surface area contributed by atoms with Crippen molar-refractivity contribution < 1.29 is 4.79 Å². The molecule has 1 aliphatic heterocycles. The van der Waals surface area contributed by atoms with Crippen LogP contribution in [-0.2, 0) is 0 Å². The number of piperidine rings is 1. The van der Waals surface area contributed by atoms with E-state index in [1.807, 2.05) is 36.2 Å². The Balaban J connectivity index is 1.48. The van der Waals surface area contributed by atoms with Gasteiger partial charge in [-0.1, -0.05) is 0 Å². The number of hydrogen-bond donors (Lipinski definition) is 1. The number of aromatic nitrogens is 4. The molecule has 128 valence electrons. The minimum absolute atomic E-state index is 0.0898. The number of hydrogen-bond acceptors (Lipinski definition) is 4. The Morgan fingerprint density at radius 1 is 1.24 bits per heavy atom. The Bertz CT molecular complexity index is 924. The van der Waals surface area contributed by atoms with Gasteiger partial charge in [-0.15, -0.1) is 0 Å². The molecule has 0 unspecified atom stereocenters. The third-order valence-electron chi connectivity index (χ3n) is 4.95. The molecule has 1 aliphatic rings. The predicted octanol–water partition coefficient (Wildman–Crippen LogP) is 2.99. The number of rotatable bonds is 2. The second-order valence-electron chi connectivity index (χ2n) is 6.71. The number of aryl methyl sites for hydroxylation is 2. The molecule has 6 heteroatoms. The monoisotopic (exact) mass is 335 g/mol. The molecule has 0 bridgehead atoms. The van der Waals surface area contributed by atoms with E-state index in [1.165, 1.54) is 0 Å². The molecule has 1 saturated heterocycles. The molecule has 3 heterocycles. The van der Waals surface area contributed by atoms with Crippen LogP contribution in [0.2, 0.25) is 0 Å². The predicted molar refractivity (Wildman–Crippen MR) is 95.5 cm³/mol. The summed E-state index contributed by atoms with van der Waals surface area (Å²) >= 11 is 0. The fourth-order valence-corrected chi connectivity index (χ4v) is 3.64. The zero-order chi connectivity index (χ0) is 17.4. The molecule has 1 aromatic carbocycles. The second kappa shape index (κ2) is 6.27. The molecule has 0 saturated carbocycles. The van der Waals surface area contributed by atoms with Crippen molar-refractivity contribution in [2.45, 2.75) is 32.6 Å². The Morgan fingerprint density at radius 2 is 2.04 bits per heavy atom. The molecule has 0 aliphatic carbocycles. The van der Waals surface area contributed by atoms with Crippen LogP contribution in [0.4, 0.5) is 0 Å². The number of carbonyl (C=O) groups is 1. The molecule has 0 atom stereocenters. The lowest BCUT2D eigenvalue weighted by Gasteiger charge is -2.32. The number of benzene rings is 1. The van der Waals surface area contributed by atoms with Crippen LogP contribution in [0.15, 0.2) is 30.7 Å². The van der Waals surface area contributed by atoms with Crippen LogP contribution in [0.25, 0.3) is 11.0 Å². The Hall–Kier alpha value is -2.76. The molecule has 25 heavy (non-hydrogen) atoms. The summed E-state index contributed by atoms with van der Waals surface area (Å²) in [4.78, 5) is 30.9. The first kappa shape index (κ1) is 15.7. The molecule has 4 rings (SSSR count). The maximum atomic E-state index is 12.8. The number of carbonyl (C=O) groups excluding carboxylic acids is 1. The lowest BCUT2D eigenvalue weighted by Crippen LogP contribution is -2.38. The molecular weight excluding hydrogens is 314 g/mol. The second-order valence-corrected chi connectivity index (χ2v) is 6.71. The van der Waals surface area contributed by atoms with Crippen molar-refractivity contribution in [3.8, 4) is 0 Å². The van der Waals surface area contributed by atoms with Gasteiger partial charge in [-0.25, -0.2) is 15.0 Å². The van der Waals surface area contributed by atoms with E-state index < -0.39 is 0 Å². The maximum Gasteiger partial charge on any atom is 0.253 e. The average Bonchev–Trinajstić information content (AvgIpc) is 3.01. The van der Waals surface area contributed by atoms with Crippen LogP contribution in [-0.4, -0.2) is 43.8 Å². The highest BCUT2D eigenvalue weighted by molar-refractivity contribution is 5.97. The molecule has 0 spiro atoms. The first-order chi connectivity index (χ1) is 12.1. The summed E-state index contributed by atoms with van der Waals surface area (Å²) in [6, 6.07) is 5.67. The van der Waals surface area contributed by atoms with E-state index in [0.29, 0.717) is 11.5 Å². The quantitative estimate of drug-likeness (QED) is 0.781. The molecule has 0 radical (unpaired) electrons. The summed E-state index contributed by atoms with van der Waals surface area (Å²) in [7, 11) is 0. The lowest BCUT2D eigenvalue weighted by atomic mass is 9.91. The van der Waals surface area contributed by atoms with E-state index in [2.05, 4.69) is 26.9 Å². The first-order valence-electron chi connectivity index (χ1n) is 8.64. The van der Waals surface area contributed by atoms with Gasteiger partial charge in [0.05, 0.1) is 11.0 Å². The number of fused-ring (bicyclic) bond motifs is 1. The fraction of sp³-hybridized carbons (Fsp3) is 0.368. The van der Waals surface area contributed by atoms with Gasteiger partial charge in [-0.05, 0) is 50.5 Å². The van der Waals surface area contributed by atoms with Crippen molar-refractivity contribution in [1.82, 2.24) is 24.8 Å². The highest BCUT2D eigenvalue weighted by Gasteiger charge is 2.26. The minimum atomic E-state index is 0.0898. The van der Waals surface area contributed by atoms with E-state index in [4.69, 9.17) is 0 Å². The zero-order valence-corrected chi connectivity index (χ0v) is 14.5. The van der Waals surface area contributed by atoms with Crippen LogP contribution >= 0.6 is 0 Å². The third kappa shape index (κ3) is 2.99. The number of amides is 1. The van der Waals surface area contributed by atoms with Crippen molar-refractivity contribution >= 4 is 16.9 Å². The van der Waals surface area contributed by atoms with Gasteiger partial charge in [-0.2, -0.15) is 0 Å². The van der Waals surface area contributed by atoms with E-state index in [-0.39, 0.29) is 5.91 Å². The minimum Gasteiger partial charge on any atom is -0.342 e. The highest BCUT2D eigenvalue weighted by Crippen LogP contribution is 2.29. The van der Waals surface area contributed by atoms with Gasteiger partial charge in [0.2, 0.25) is 0 Å². The molecule has 1 amide bonds. The third-order valence-corrected chi connectivity index (χ3v) is 4.95. The molecule has 2 aromatic heterocycles. The molecule has 3 aromatic rings. The summed E-state index contributed by atoms with van der Waals surface area (Å²) < 4.78 is 0. The summed E-state index contributed by atoms with van der Waals surface area (Å²) in [5, 5.41) is 0. The first-order valence-corrected chi connectivity index (χ1v) is 8.64. The van der Waals surface area contributed by atoms with Crippen molar-refractivity contribution in [1.29, 1.82) is 0 Å². The Kier molecular flexibility index (Phi) is 3.95. The van der Waals surface area contributed by atoms with Crippen LogP contribution in [0, 0.1) is 13.8 Å². The standard InChI is InChI=1S/C19H21N5O/c1-12-10-20-11-21-18(12)14-5-7-24(8-6-14)19(25)15-3-4-16-17(9-15)23-13(2)22-16/h3-4,9-11,14H,5-8H2,1-2H3,(H,22,23). The van der Waals surface area contributed by atoms with Gasteiger partial charge in [0.25, 0.3) is 5.91 Å². The number of nitrogens with one attached hydrogen (secondary N) is 1. The van der Waals surface area contributed by atoms with E-state index in [9.17, 15) is 4.79 Å². The average molecular weight is 335 g/mol. The molecule has 1 N–H and O–H groups in total. The Labute approximate surface area is 146 Å². The lowest BCUT2D eigenvalue weighted by molar-refractivity contribution is 0.0712. The van der Waals surface area contributed by atoms with Gasteiger partial charge in [-0.3, -0.25) is 4.79 Å². The number of aromatic amines is 1. The number of likely N-dealkylation sites (tertiary alicyclic amines) is 1. The van der Waals surface area contributed by atoms with Gasteiger partial charge in [0.15, 0.2) is 0 Å². The van der Waals surface area contributed by atoms with Crippen molar-refractivity contribution in [3.63, 3.8) is 0 Å². The highest BCUT2D eigenvalue weighted by atomic mass is 16.2. The largest absolute Gasteiger partial charge is 0.342 e. The van der Waals surface area contributed by atoms with Gasteiger partial charge < -0.3 is 9.88 Å². The van der Waals surface area contributed by atoms with Crippen LogP contribution in [0.3, 0.4) is 0 Å². The normalized spacial score (nSPS) is 15.7. The zero-order valence-electron chi connectivity index (χ0n) is 14.5. The summed E-state index contributed by atoms with van der Waals surface area (Å²) in [5.74, 6) is 1.36. The van der Waals surface area contributed by atoms with Crippen LogP contribution in [0.5, 0.6) is 0 Å². The topological polar surface area (TPSA) is 74.8 Å². The fourth-order valence-electron chi connectivity index (χ4n) is 3.64. The van der Waals surface area contributed by atoms with E-state index in [1.54, 1.807) is 6.33 Å². The summed E-state index contributed by atoms with van der Waals surface area (Å²) in [6.07, 6.45) is 5.35. The number of imidazole rings is 1. The van der Waals surface area contributed by atoms with Crippen LogP contribution in [0.1, 0.15) is 46.2 Å². The van der Waals surface area contributed by atoms with E-state index >= 15 is 0 Å². The molecule has 6 nitrogen and oxygen atoms in total. The van der Waals surface area contributed by atoms with E-state index in [0.717, 1.165) is 54.0 Å². The van der Waals surface area contributed by atoms with Crippen molar-refractivity contribution in [2.24, 2.45) is 0 Å². The van der Waals surface area contributed by atoms with Crippen molar-refractivity contribution in [3.05, 3.63) is 53.4 Å². The van der Waals surface area contributed by atoms with Crippen molar-refractivity contribution in [2.75, 3.05) is 13.1 Å². The SMILES string of the molecule is Cc1nc2ccc(C(=O)N3CCC(c4ncncc4C)CC3)cc2[nH]1. The molecule has 1 fully saturated rings. The van der Waals surface area contributed by atoms with Gasteiger partial charge in [0.1, 0.15) is 12.2 Å². The maximum absolute atomic E-state index is 12.8. The van der Waals surface area contributed by atoms with Gasteiger partial charge >= 0.3 is 0 Å². The summed E-state index contributed by atoms with van der Waals surface area (Å²) in [6.45, 7) is 5.48. The number of nitrogens with zero attached hydrogens (tertiary/aromatic N) is 4. The van der Waals surface area contributed by atoms with Gasteiger partial charge in [0, 0.05) is 36.5 Å².